The molecule has 8 heteroatoms. The van der Waals surface area contributed by atoms with Gasteiger partial charge in [-0.25, -0.2) is 8.42 Å². The van der Waals surface area contributed by atoms with Crippen LogP contribution in [-0.4, -0.2) is 50.6 Å². The van der Waals surface area contributed by atoms with Gasteiger partial charge in [0.15, 0.2) is 0 Å². The van der Waals surface area contributed by atoms with Gasteiger partial charge in [-0.05, 0) is 24.3 Å². The van der Waals surface area contributed by atoms with Crippen LogP contribution >= 0.6 is 0 Å². The Morgan fingerprint density at radius 3 is 2.43 bits per heavy atom. The van der Waals surface area contributed by atoms with E-state index in [1.807, 2.05) is 0 Å². The molecule has 2 heterocycles. The minimum Gasteiger partial charge on any atom is -0.359 e. The maximum Gasteiger partial charge on any atom is 0.243 e. The number of anilines is 1. The summed E-state index contributed by atoms with van der Waals surface area (Å²) in [7, 11) is -3.52. The van der Waals surface area contributed by atoms with E-state index >= 15 is 0 Å². The van der Waals surface area contributed by atoms with Gasteiger partial charge in [0.1, 0.15) is 5.72 Å². The van der Waals surface area contributed by atoms with Crippen LogP contribution < -0.4 is 10.6 Å². The van der Waals surface area contributed by atoms with Crippen molar-refractivity contribution in [2.75, 3.05) is 31.6 Å². The molecule has 0 aliphatic carbocycles. The quantitative estimate of drug-likeness (QED) is 0.848. The Morgan fingerprint density at radius 1 is 1.26 bits per heavy atom. The Labute approximate surface area is 136 Å². The highest BCUT2D eigenvalue weighted by Gasteiger charge is 2.41. The fourth-order valence-electron chi connectivity index (χ4n) is 3.05. The van der Waals surface area contributed by atoms with Crippen molar-refractivity contribution >= 4 is 21.6 Å². The van der Waals surface area contributed by atoms with E-state index in [-0.39, 0.29) is 16.5 Å². The Kier molecular flexibility index (Phi) is 4.41. The van der Waals surface area contributed by atoms with Crippen LogP contribution in [0.5, 0.6) is 0 Å². The van der Waals surface area contributed by atoms with Gasteiger partial charge < -0.3 is 10.1 Å². The number of carbonyl (C=O) groups excluding carboxylic acids is 1. The minimum atomic E-state index is -3.52. The second-order valence-electron chi connectivity index (χ2n) is 5.88. The largest absolute Gasteiger partial charge is 0.359 e. The van der Waals surface area contributed by atoms with Crippen LogP contribution in [0.4, 0.5) is 5.69 Å². The Balaban J connectivity index is 1.70. The van der Waals surface area contributed by atoms with E-state index in [1.165, 1.54) is 23.4 Å². The first-order chi connectivity index (χ1) is 10.9. The maximum absolute atomic E-state index is 12.7. The van der Waals surface area contributed by atoms with Crippen molar-refractivity contribution in [3.63, 3.8) is 0 Å². The van der Waals surface area contributed by atoms with E-state index in [1.54, 1.807) is 12.1 Å². The molecule has 0 saturated carbocycles. The zero-order chi connectivity index (χ0) is 16.5. The summed E-state index contributed by atoms with van der Waals surface area (Å²) in [6, 6.07) is 6.24. The third-order valence-electron chi connectivity index (χ3n) is 4.27. The Bertz CT molecular complexity index is 671. The van der Waals surface area contributed by atoms with Crippen molar-refractivity contribution in [1.82, 2.24) is 9.62 Å². The molecule has 126 valence electrons. The molecule has 1 aromatic carbocycles. The van der Waals surface area contributed by atoms with Crippen LogP contribution in [0.1, 0.15) is 19.8 Å². The van der Waals surface area contributed by atoms with Crippen molar-refractivity contribution in [2.45, 2.75) is 30.4 Å². The summed E-state index contributed by atoms with van der Waals surface area (Å²) in [5.41, 5.74) is 0.235. The molecule has 2 aliphatic rings. The molecule has 0 atom stereocenters. The monoisotopic (exact) mass is 339 g/mol. The van der Waals surface area contributed by atoms with Crippen molar-refractivity contribution < 1.29 is 17.9 Å². The number of nitrogens with one attached hydrogen (secondary N) is 2. The van der Waals surface area contributed by atoms with Gasteiger partial charge in [0.2, 0.25) is 15.9 Å². The lowest BCUT2D eigenvalue weighted by Crippen LogP contribution is -2.52. The standard InChI is InChI=1S/C15H21N3O4S/c1-12(19)17-13-2-4-14(5-3-13)23(20,21)18-9-6-15(7-10-18)16-8-11-22-15/h2-5,16H,6-11H2,1H3,(H,17,19). The summed E-state index contributed by atoms with van der Waals surface area (Å²) >= 11 is 0. The van der Waals surface area contributed by atoms with Crippen LogP contribution in [0.3, 0.4) is 0 Å². The molecule has 2 saturated heterocycles. The number of hydrogen-bond acceptors (Lipinski definition) is 5. The van der Waals surface area contributed by atoms with Gasteiger partial charge in [-0.1, -0.05) is 0 Å². The highest BCUT2D eigenvalue weighted by atomic mass is 32.2. The molecule has 7 nitrogen and oxygen atoms in total. The van der Waals surface area contributed by atoms with E-state index < -0.39 is 10.0 Å². The number of amides is 1. The van der Waals surface area contributed by atoms with Gasteiger partial charge in [-0.15, -0.1) is 0 Å². The lowest BCUT2D eigenvalue weighted by atomic mass is 10.0. The number of benzene rings is 1. The molecule has 2 fully saturated rings. The summed E-state index contributed by atoms with van der Waals surface area (Å²) in [4.78, 5) is 11.2. The first-order valence-electron chi connectivity index (χ1n) is 7.68. The number of carbonyl (C=O) groups is 1. The molecule has 1 spiro atoms. The molecular formula is C15H21N3O4S. The molecule has 1 amide bonds. The second kappa shape index (κ2) is 6.20. The van der Waals surface area contributed by atoms with Gasteiger partial charge in [0.25, 0.3) is 0 Å². The molecule has 1 aromatic rings. The average Bonchev–Trinajstić information content (AvgIpc) is 2.96. The van der Waals surface area contributed by atoms with Gasteiger partial charge in [0.05, 0.1) is 11.5 Å². The number of nitrogens with zero attached hydrogens (tertiary/aromatic N) is 1. The first kappa shape index (κ1) is 16.4. The van der Waals surface area contributed by atoms with Crippen LogP contribution in [0.25, 0.3) is 0 Å². The normalized spacial score (nSPS) is 21.4. The molecular weight excluding hydrogens is 318 g/mol. The Hall–Kier alpha value is -1.48. The minimum absolute atomic E-state index is 0.189. The molecule has 0 bridgehead atoms. The fourth-order valence-corrected chi connectivity index (χ4v) is 4.49. The number of rotatable bonds is 3. The second-order valence-corrected chi connectivity index (χ2v) is 7.82. The molecule has 23 heavy (non-hydrogen) atoms. The van der Waals surface area contributed by atoms with Gasteiger partial charge in [0, 0.05) is 45.1 Å². The fraction of sp³-hybridized carbons (Fsp3) is 0.533. The summed E-state index contributed by atoms with van der Waals surface area (Å²) in [6.07, 6.45) is 1.30. The number of ether oxygens (including phenoxy) is 1. The van der Waals surface area contributed by atoms with Crippen LogP contribution in [-0.2, 0) is 19.6 Å². The summed E-state index contributed by atoms with van der Waals surface area (Å²) < 4.78 is 32.6. The van der Waals surface area contributed by atoms with Gasteiger partial charge in [-0.2, -0.15) is 4.31 Å². The average molecular weight is 339 g/mol. The number of piperidine rings is 1. The third-order valence-corrected chi connectivity index (χ3v) is 6.18. The summed E-state index contributed by atoms with van der Waals surface area (Å²) in [6.45, 7) is 3.77. The van der Waals surface area contributed by atoms with E-state index in [0.29, 0.717) is 38.2 Å². The van der Waals surface area contributed by atoms with Gasteiger partial charge >= 0.3 is 0 Å². The smallest absolute Gasteiger partial charge is 0.243 e. The SMILES string of the molecule is CC(=O)Nc1ccc(S(=O)(=O)N2CCC3(CC2)NCCO3)cc1. The molecule has 2 aliphatic heterocycles. The molecule has 0 radical (unpaired) electrons. The van der Waals surface area contributed by atoms with Crippen LogP contribution in [0.15, 0.2) is 29.2 Å². The molecule has 0 unspecified atom stereocenters. The highest BCUT2D eigenvalue weighted by Crippen LogP contribution is 2.29. The molecule has 3 rings (SSSR count). The first-order valence-corrected chi connectivity index (χ1v) is 9.12. The zero-order valence-electron chi connectivity index (χ0n) is 13.0. The van der Waals surface area contributed by atoms with Crippen LogP contribution in [0.2, 0.25) is 0 Å². The summed E-state index contributed by atoms with van der Waals surface area (Å²) in [5, 5.41) is 5.95. The van der Waals surface area contributed by atoms with E-state index in [0.717, 1.165) is 6.54 Å². The summed E-state index contributed by atoms with van der Waals surface area (Å²) in [5.74, 6) is -0.189. The number of sulfonamides is 1. The van der Waals surface area contributed by atoms with Crippen molar-refractivity contribution in [3.05, 3.63) is 24.3 Å². The van der Waals surface area contributed by atoms with Gasteiger partial charge in [-0.3, -0.25) is 10.1 Å². The number of hydrogen-bond donors (Lipinski definition) is 2. The van der Waals surface area contributed by atoms with E-state index in [2.05, 4.69) is 10.6 Å². The van der Waals surface area contributed by atoms with E-state index in [9.17, 15) is 13.2 Å². The highest BCUT2D eigenvalue weighted by molar-refractivity contribution is 7.89. The van der Waals surface area contributed by atoms with Crippen molar-refractivity contribution in [1.29, 1.82) is 0 Å². The predicted molar refractivity (Wildman–Crippen MR) is 85.4 cm³/mol. The van der Waals surface area contributed by atoms with Crippen LogP contribution in [0, 0.1) is 0 Å². The lowest BCUT2D eigenvalue weighted by molar-refractivity contribution is -0.114. The van der Waals surface area contributed by atoms with Crippen molar-refractivity contribution in [2.24, 2.45) is 0 Å². The topological polar surface area (TPSA) is 87.7 Å². The Morgan fingerprint density at radius 2 is 1.91 bits per heavy atom. The van der Waals surface area contributed by atoms with E-state index in [4.69, 9.17) is 4.74 Å². The van der Waals surface area contributed by atoms with Crippen molar-refractivity contribution in [3.8, 4) is 0 Å². The third kappa shape index (κ3) is 3.40. The molecule has 2 N–H and O–H groups in total. The lowest BCUT2D eigenvalue weighted by Gasteiger charge is -2.37. The zero-order valence-corrected chi connectivity index (χ0v) is 13.9. The predicted octanol–water partition coefficient (Wildman–Crippen LogP) is 0.746. The maximum atomic E-state index is 12.7. The molecule has 0 aromatic heterocycles.